The van der Waals surface area contributed by atoms with Gasteiger partial charge in [0.1, 0.15) is 5.82 Å². The first-order chi connectivity index (χ1) is 11.5. The molecule has 24 heavy (non-hydrogen) atoms. The van der Waals surface area contributed by atoms with Crippen LogP contribution in [0.1, 0.15) is 31.7 Å². The maximum atomic E-state index is 13.8. The van der Waals surface area contributed by atoms with E-state index in [2.05, 4.69) is 0 Å². The molecule has 1 aliphatic rings. The van der Waals surface area contributed by atoms with Gasteiger partial charge in [0.2, 0.25) is 5.91 Å². The minimum atomic E-state index is -0.943. The minimum absolute atomic E-state index is 0.0385. The smallest absolute Gasteiger partial charge is 0.305 e. The van der Waals surface area contributed by atoms with Crippen molar-refractivity contribution in [2.45, 2.75) is 38.7 Å². The van der Waals surface area contributed by atoms with Crippen LogP contribution in [0, 0.1) is 11.7 Å². The summed E-state index contributed by atoms with van der Waals surface area (Å²) in [7, 11) is 0. The second-order valence-electron chi connectivity index (χ2n) is 6.26. The van der Waals surface area contributed by atoms with E-state index in [0.29, 0.717) is 25.1 Å². The van der Waals surface area contributed by atoms with Gasteiger partial charge in [-0.15, -0.1) is 0 Å². The number of carbonyl (C=O) groups is 2. The molecule has 1 aromatic carbocycles. The lowest BCUT2D eigenvalue weighted by Gasteiger charge is -2.27. The minimum Gasteiger partial charge on any atom is -0.481 e. The number of carboxylic acids is 1. The Hall–Kier alpha value is -1.95. The first-order valence-electron chi connectivity index (χ1n) is 8.33. The van der Waals surface area contributed by atoms with Crippen molar-refractivity contribution in [1.82, 2.24) is 4.90 Å². The molecule has 2 atom stereocenters. The summed E-state index contributed by atoms with van der Waals surface area (Å²) in [5.41, 5.74) is 0.494. The van der Waals surface area contributed by atoms with E-state index in [1.807, 2.05) is 0 Å². The lowest BCUT2D eigenvalue weighted by Crippen LogP contribution is -2.42. The molecule has 0 radical (unpaired) electrons. The third-order valence-corrected chi connectivity index (χ3v) is 4.26. The van der Waals surface area contributed by atoms with Crippen molar-refractivity contribution in [1.29, 1.82) is 0 Å². The van der Waals surface area contributed by atoms with Gasteiger partial charge in [0.15, 0.2) is 0 Å². The highest BCUT2D eigenvalue weighted by molar-refractivity contribution is 5.79. The molecule has 0 spiro atoms. The average Bonchev–Trinajstić information content (AvgIpc) is 3.05. The highest BCUT2D eigenvalue weighted by Gasteiger charge is 2.26. The Morgan fingerprint density at radius 1 is 1.42 bits per heavy atom. The second-order valence-corrected chi connectivity index (χ2v) is 6.26. The van der Waals surface area contributed by atoms with Crippen LogP contribution in [-0.4, -0.2) is 47.7 Å². The van der Waals surface area contributed by atoms with E-state index in [1.165, 1.54) is 6.07 Å². The molecule has 1 saturated heterocycles. The summed E-state index contributed by atoms with van der Waals surface area (Å²) < 4.78 is 19.3. The fourth-order valence-electron chi connectivity index (χ4n) is 2.95. The monoisotopic (exact) mass is 337 g/mol. The maximum absolute atomic E-state index is 13.8. The van der Waals surface area contributed by atoms with Crippen molar-refractivity contribution in [3.63, 3.8) is 0 Å². The zero-order chi connectivity index (χ0) is 17.5. The first kappa shape index (κ1) is 18.4. The van der Waals surface area contributed by atoms with E-state index in [4.69, 9.17) is 9.84 Å². The van der Waals surface area contributed by atoms with E-state index in [9.17, 15) is 14.0 Å². The summed E-state index contributed by atoms with van der Waals surface area (Å²) in [5, 5.41) is 8.90. The highest BCUT2D eigenvalue weighted by Crippen LogP contribution is 2.18. The van der Waals surface area contributed by atoms with E-state index >= 15 is 0 Å². The number of rotatable bonds is 8. The zero-order valence-electron chi connectivity index (χ0n) is 13.9. The van der Waals surface area contributed by atoms with Crippen molar-refractivity contribution in [2.75, 3.05) is 19.7 Å². The number of hydrogen-bond donors (Lipinski definition) is 1. The maximum Gasteiger partial charge on any atom is 0.305 e. The molecule has 0 unspecified atom stereocenters. The van der Waals surface area contributed by atoms with Crippen molar-refractivity contribution in [3.8, 4) is 0 Å². The van der Waals surface area contributed by atoms with Crippen LogP contribution in [-0.2, 0) is 20.7 Å². The summed E-state index contributed by atoms with van der Waals surface area (Å²) >= 11 is 0. The average molecular weight is 337 g/mol. The molecule has 1 aliphatic heterocycles. The van der Waals surface area contributed by atoms with Gasteiger partial charge in [0.05, 0.1) is 12.5 Å². The van der Waals surface area contributed by atoms with E-state index in [1.54, 1.807) is 30.0 Å². The molecule has 5 nitrogen and oxygen atoms in total. The van der Waals surface area contributed by atoms with Gasteiger partial charge in [-0.25, -0.2) is 4.39 Å². The third kappa shape index (κ3) is 5.30. The van der Waals surface area contributed by atoms with Crippen LogP contribution in [0.4, 0.5) is 4.39 Å². The van der Waals surface area contributed by atoms with Gasteiger partial charge < -0.3 is 14.7 Å². The molecular weight excluding hydrogens is 313 g/mol. The van der Waals surface area contributed by atoms with Gasteiger partial charge in [-0.05, 0) is 30.9 Å². The normalized spacial score (nSPS) is 18.3. The molecule has 1 amide bonds. The molecule has 1 fully saturated rings. The molecule has 0 aliphatic carbocycles. The van der Waals surface area contributed by atoms with Gasteiger partial charge in [-0.1, -0.05) is 25.1 Å². The predicted octanol–water partition coefficient (Wildman–Crippen LogP) is 2.49. The molecule has 0 bridgehead atoms. The first-order valence-corrected chi connectivity index (χ1v) is 8.33. The summed E-state index contributed by atoms with van der Waals surface area (Å²) in [6, 6.07) is 6.40. The number of amides is 1. The van der Waals surface area contributed by atoms with Crippen LogP contribution in [0.15, 0.2) is 24.3 Å². The fraction of sp³-hybridized carbons (Fsp3) is 0.556. The molecule has 0 aromatic heterocycles. The van der Waals surface area contributed by atoms with Gasteiger partial charge in [0, 0.05) is 25.6 Å². The standard InChI is InChI=1S/C18H24FNO4/c1-13(11-14-5-2-3-7-16(14)19)18(23)20(9-8-17(21)22)12-15-6-4-10-24-15/h2-3,5,7,13,15H,4,6,8-12H2,1H3,(H,21,22)/t13-,15-/m1/s1. The number of carbonyl (C=O) groups excluding carboxylic acids is 1. The van der Waals surface area contributed by atoms with Crippen LogP contribution < -0.4 is 0 Å². The van der Waals surface area contributed by atoms with Crippen LogP contribution >= 0.6 is 0 Å². The van der Waals surface area contributed by atoms with Crippen LogP contribution in [0.5, 0.6) is 0 Å². The topological polar surface area (TPSA) is 66.8 Å². The second kappa shape index (κ2) is 8.78. The largest absolute Gasteiger partial charge is 0.481 e. The van der Waals surface area contributed by atoms with E-state index in [-0.39, 0.29) is 30.8 Å². The Morgan fingerprint density at radius 2 is 2.17 bits per heavy atom. The fourth-order valence-corrected chi connectivity index (χ4v) is 2.95. The summed E-state index contributed by atoms with van der Waals surface area (Å²) in [6.45, 7) is 2.97. The Balaban J connectivity index is 2.01. The molecule has 6 heteroatoms. The highest BCUT2D eigenvalue weighted by atomic mass is 19.1. The Labute approximate surface area is 141 Å². The number of carboxylic acid groups (broad SMARTS) is 1. The van der Waals surface area contributed by atoms with Crippen molar-refractivity contribution in [3.05, 3.63) is 35.6 Å². The summed E-state index contributed by atoms with van der Waals surface area (Å²) in [6.07, 6.45) is 1.98. The number of hydrogen-bond acceptors (Lipinski definition) is 3. The molecule has 2 rings (SSSR count). The van der Waals surface area contributed by atoms with E-state index < -0.39 is 11.9 Å². The Bertz CT molecular complexity index is 572. The van der Waals surface area contributed by atoms with Crippen LogP contribution in [0.2, 0.25) is 0 Å². The van der Waals surface area contributed by atoms with Crippen LogP contribution in [0.25, 0.3) is 0 Å². The molecular formula is C18H24FNO4. The number of nitrogens with zero attached hydrogens (tertiary/aromatic N) is 1. The molecule has 0 saturated carbocycles. The van der Waals surface area contributed by atoms with Crippen molar-refractivity contribution < 1.29 is 23.8 Å². The van der Waals surface area contributed by atoms with Gasteiger partial charge >= 0.3 is 5.97 Å². The zero-order valence-corrected chi connectivity index (χ0v) is 13.9. The number of ether oxygens (including phenoxy) is 1. The van der Waals surface area contributed by atoms with Crippen LogP contribution in [0.3, 0.4) is 0 Å². The predicted molar refractivity (Wildman–Crippen MR) is 87.1 cm³/mol. The van der Waals surface area contributed by atoms with Gasteiger partial charge in [0.25, 0.3) is 0 Å². The number of benzene rings is 1. The summed E-state index contributed by atoms with van der Waals surface area (Å²) in [5.74, 6) is -1.85. The van der Waals surface area contributed by atoms with Gasteiger partial charge in [-0.2, -0.15) is 0 Å². The lowest BCUT2D eigenvalue weighted by atomic mass is 9.99. The molecule has 1 N–H and O–H groups in total. The quantitative estimate of drug-likeness (QED) is 0.791. The molecule has 132 valence electrons. The van der Waals surface area contributed by atoms with Crippen molar-refractivity contribution >= 4 is 11.9 Å². The third-order valence-electron chi connectivity index (χ3n) is 4.26. The Kier molecular flexibility index (Phi) is 6.73. The summed E-state index contributed by atoms with van der Waals surface area (Å²) in [4.78, 5) is 25.1. The Morgan fingerprint density at radius 3 is 2.79 bits per heavy atom. The van der Waals surface area contributed by atoms with Crippen molar-refractivity contribution in [2.24, 2.45) is 5.92 Å². The van der Waals surface area contributed by atoms with Gasteiger partial charge in [-0.3, -0.25) is 9.59 Å². The van der Waals surface area contributed by atoms with E-state index in [0.717, 1.165) is 12.8 Å². The molecule has 1 heterocycles. The molecule has 1 aromatic rings. The number of aliphatic carboxylic acids is 1. The number of halogens is 1. The lowest BCUT2D eigenvalue weighted by molar-refractivity contribution is -0.140. The SMILES string of the molecule is C[C@H](Cc1ccccc1F)C(=O)N(CCC(=O)O)C[C@H]1CCCO1.